The van der Waals surface area contributed by atoms with Crippen LogP contribution >= 0.6 is 0 Å². The SMILES string of the molecule is CCCN1CCC(CNC(=NC)N2CCCC(C(=O)OCC)C2)CC1. The predicted octanol–water partition coefficient (Wildman–Crippen LogP) is 1.96. The van der Waals surface area contributed by atoms with Crippen LogP contribution in [0, 0.1) is 11.8 Å². The third-order valence-corrected chi connectivity index (χ3v) is 5.35. The van der Waals surface area contributed by atoms with Crippen LogP contribution in [0.3, 0.4) is 0 Å². The average molecular weight is 353 g/mol. The third kappa shape index (κ3) is 6.17. The molecule has 0 amide bonds. The van der Waals surface area contributed by atoms with Gasteiger partial charge in [-0.1, -0.05) is 6.92 Å². The second kappa shape index (κ2) is 10.6. The van der Waals surface area contributed by atoms with Crippen molar-refractivity contribution in [1.29, 1.82) is 0 Å². The second-order valence-corrected chi connectivity index (χ2v) is 7.25. The van der Waals surface area contributed by atoms with Gasteiger partial charge in [0.2, 0.25) is 0 Å². The predicted molar refractivity (Wildman–Crippen MR) is 102 cm³/mol. The minimum Gasteiger partial charge on any atom is -0.466 e. The zero-order valence-electron chi connectivity index (χ0n) is 16.3. The molecule has 0 aliphatic carbocycles. The molecule has 0 bridgehead atoms. The largest absolute Gasteiger partial charge is 0.466 e. The molecule has 1 atom stereocenters. The quantitative estimate of drug-likeness (QED) is 0.450. The molecular weight excluding hydrogens is 316 g/mol. The lowest BCUT2D eigenvalue weighted by molar-refractivity contribution is -0.149. The summed E-state index contributed by atoms with van der Waals surface area (Å²) >= 11 is 0. The Bertz CT molecular complexity index is 433. The highest BCUT2D eigenvalue weighted by atomic mass is 16.5. The number of nitrogens with one attached hydrogen (secondary N) is 1. The van der Waals surface area contributed by atoms with E-state index in [0.717, 1.165) is 37.8 Å². The topological polar surface area (TPSA) is 57.2 Å². The Balaban J connectivity index is 1.77. The number of aliphatic imine (C=N–C) groups is 1. The van der Waals surface area contributed by atoms with Gasteiger partial charge in [0.25, 0.3) is 0 Å². The zero-order valence-corrected chi connectivity index (χ0v) is 16.3. The molecule has 2 rings (SSSR count). The Kier molecular flexibility index (Phi) is 8.52. The van der Waals surface area contributed by atoms with Gasteiger partial charge < -0.3 is 19.9 Å². The lowest BCUT2D eigenvalue weighted by Crippen LogP contribution is -2.49. The summed E-state index contributed by atoms with van der Waals surface area (Å²) in [5, 5.41) is 3.55. The molecule has 0 saturated carbocycles. The molecule has 0 aromatic rings. The highest BCUT2D eigenvalue weighted by molar-refractivity contribution is 5.81. The zero-order chi connectivity index (χ0) is 18.1. The maximum Gasteiger partial charge on any atom is 0.310 e. The van der Waals surface area contributed by atoms with Crippen LogP contribution in [0.1, 0.15) is 46.0 Å². The molecule has 1 N–H and O–H groups in total. The number of likely N-dealkylation sites (tertiary alicyclic amines) is 2. The van der Waals surface area contributed by atoms with Crippen LogP contribution in [-0.4, -0.2) is 74.7 Å². The van der Waals surface area contributed by atoms with Gasteiger partial charge >= 0.3 is 5.97 Å². The Morgan fingerprint density at radius 3 is 2.60 bits per heavy atom. The van der Waals surface area contributed by atoms with Crippen molar-refractivity contribution in [2.24, 2.45) is 16.8 Å². The van der Waals surface area contributed by atoms with E-state index in [-0.39, 0.29) is 11.9 Å². The maximum absolute atomic E-state index is 12.0. The molecule has 2 aliphatic heterocycles. The van der Waals surface area contributed by atoms with Crippen LogP contribution in [0.4, 0.5) is 0 Å². The highest BCUT2D eigenvalue weighted by Crippen LogP contribution is 2.19. The van der Waals surface area contributed by atoms with E-state index in [1.54, 1.807) is 0 Å². The van der Waals surface area contributed by atoms with Crippen LogP contribution in [0.25, 0.3) is 0 Å². The average Bonchev–Trinajstić information content (AvgIpc) is 2.64. The van der Waals surface area contributed by atoms with Crippen molar-refractivity contribution >= 4 is 11.9 Å². The van der Waals surface area contributed by atoms with Gasteiger partial charge in [0.05, 0.1) is 12.5 Å². The normalized spacial score (nSPS) is 23.6. The van der Waals surface area contributed by atoms with Crippen molar-refractivity contribution in [1.82, 2.24) is 15.1 Å². The number of nitrogens with zero attached hydrogens (tertiary/aromatic N) is 3. The number of carbonyl (C=O) groups is 1. The fraction of sp³-hybridized carbons (Fsp3) is 0.895. The first kappa shape index (κ1) is 20.0. The molecule has 0 radical (unpaired) electrons. The molecule has 2 aliphatic rings. The molecule has 2 saturated heterocycles. The Hall–Kier alpha value is -1.30. The van der Waals surface area contributed by atoms with E-state index < -0.39 is 0 Å². The minimum absolute atomic E-state index is 0.0236. The number of carbonyl (C=O) groups excluding carboxylic acids is 1. The number of hydrogen-bond acceptors (Lipinski definition) is 4. The number of hydrogen-bond donors (Lipinski definition) is 1. The van der Waals surface area contributed by atoms with Crippen LogP contribution in [-0.2, 0) is 9.53 Å². The van der Waals surface area contributed by atoms with E-state index in [1.165, 1.54) is 38.9 Å². The van der Waals surface area contributed by atoms with E-state index in [2.05, 4.69) is 27.0 Å². The van der Waals surface area contributed by atoms with Gasteiger partial charge in [-0.05, 0) is 64.6 Å². The van der Waals surface area contributed by atoms with E-state index in [1.807, 2.05) is 14.0 Å². The Morgan fingerprint density at radius 2 is 1.96 bits per heavy atom. The summed E-state index contributed by atoms with van der Waals surface area (Å²) in [6, 6.07) is 0. The van der Waals surface area contributed by atoms with Crippen LogP contribution in [0.2, 0.25) is 0 Å². The molecule has 2 heterocycles. The molecule has 2 fully saturated rings. The molecule has 0 aromatic heterocycles. The smallest absolute Gasteiger partial charge is 0.310 e. The summed E-state index contributed by atoms with van der Waals surface area (Å²) in [6.07, 6.45) is 5.69. The molecule has 144 valence electrons. The number of esters is 1. The Morgan fingerprint density at radius 1 is 1.20 bits per heavy atom. The summed E-state index contributed by atoms with van der Waals surface area (Å²) < 4.78 is 5.20. The van der Waals surface area contributed by atoms with Crippen LogP contribution < -0.4 is 5.32 Å². The van der Waals surface area contributed by atoms with Crippen molar-refractivity contribution in [3.05, 3.63) is 0 Å². The third-order valence-electron chi connectivity index (χ3n) is 5.35. The van der Waals surface area contributed by atoms with E-state index in [4.69, 9.17) is 4.74 Å². The van der Waals surface area contributed by atoms with Crippen LogP contribution in [0.15, 0.2) is 4.99 Å². The van der Waals surface area contributed by atoms with Gasteiger partial charge in [-0.15, -0.1) is 0 Å². The second-order valence-electron chi connectivity index (χ2n) is 7.25. The number of guanidine groups is 1. The molecule has 25 heavy (non-hydrogen) atoms. The molecule has 0 spiro atoms. The fourth-order valence-corrected chi connectivity index (χ4v) is 3.92. The number of ether oxygens (including phenoxy) is 1. The number of rotatable bonds is 6. The van der Waals surface area contributed by atoms with Gasteiger partial charge in [-0.2, -0.15) is 0 Å². The van der Waals surface area contributed by atoms with E-state index in [0.29, 0.717) is 13.2 Å². The summed E-state index contributed by atoms with van der Waals surface area (Å²) in [6.45, 7) is 10.9. The minimum atomic E-state index is -0.0639. The van der Waals surface area contributed by atoms with Crippen molar-refractivity contribution in [2.45, 2.75) is 46.0 Å². The van der Waals surface area contributed by atoms with Gasteiger partial charge in [0, 0.05) is 26.7 Å². The first-order valence-electron chi connectivity index (χ1n) is 10.0. The standard InChI is InChI=1S/C19H36N4O2/c1-4-10-22-12-8-16(9-13-22)14-21-19(20-3)23-11-6-7-17(15-23)18(24)25-5-2/h16-17H,4-15H2,1-3H3,(H,20,21). The van der Waals surface area contributed by atoms with Crippen molar-refractivity contribution in [2.75, 3.05) is 52.9 Å². The lowest BCUT2D eigenvalue weighted by atomic mass is 9.96. The van der Waals surface area contributed by atoms with Crippen molar-refractivity contribution in [3.8, 4) is 0 Å². The van der Waals surface area contributed by atoms with Gasteiger partial charge in [0.15, 0.2) is 5.96 Å². The molecule has 0 aromatic carbocycles. The van der Waals surface area contributed by atoms with Crippen molar-refractivity contribution in [3.63, 3.8) is 0 Å². The molecule has 6 heteroatoms. The summed E-state index contributed by atoms with van der Waals surface area (Å²) in [7, 11) is 1.83. The number of piperidine rings is 2. The van der Waals surface area contributed by atoms with Crippen molar-refractivity contribution < 1.29 is 9.53 Å². The summed E-state index contributed by atoms with van der Waals surface area (Å²) in [4.78, 5) is 21.3. The summed E-state index contributed by atoms with van der Waals surface area (Å²) in [5.74, 6) is 1.57. The molecule has 1 unspecified atom stereocenters. The first-order valence-corrected chi connectivity index (χ1v) is 10.0. The van der Waals surface area contributed by atoms with E-state index >= 15 is 0 Å². The van der Waals surface area contributed by atoms with Gasteiger partial charge in [-0.25, -0.2) is 0 Å². The fourth-order valence-electron chi connectivity index (χ4n) is 3.92. The van der Waals surface area contributed by atoms with Gasteiger partial charge in [-0.3, -0.25) is 9.79 Å². The molecular formula is C19H36N4O2. The summed E-state index contributed by atoms with van der Waals surface area (Å²) in [5.41, 5.74) is 0. The van der Waals surface area contributed by atoms with Crippen LogP contribution in [0.5, 0.6) is 0 Å². The highest BCUT2D eigenvalue weighted by Gasteiger charge is 2.28. The lowest BCUT2D eigenvalue weighted by Gasteiger charge is -2.35. The maximum atomic E-state index is 12.0. The van der Waals surface area contributed by atoms with Gasteiger partial charge in [0.1, 0.15) is 0 Å². The Labute approximate surface area is 153 Å². The first-order chi connectivity index (χ1) is 12.2. The molecule has 6 nitrogen and oxygen atoms in total. The van der Waals surface area contributed by atoms with E-state index in [9.17, 15) is 4.79 Å². The monoisotopic (exact) mass is 352 g/mol.